The first-order chi connectivity index (χ1) is 22.6. The predicted octanol–water partition coefficient (Wildman–Crippen LogP) is 11.8. The molecule has 1 amide bonds. The Labute approximate surface area is 288 Å². The summed E-state index contributed by atoms with van der Waals surface area (Å²) in [6.07, 6.45) is 39.0. The molecular weight excluding hydrogens is 568 g/mol. The fourth-order valence-corrected chi connectivity index (χ4v) is 6.41. The normalized spacial score (nSPS) is 11.5. The summed E-state index contributed by atoms with van der Waals surface area (Å²) < 4.78 is 5.24. The van der Waals surface area contributed by atoms with Gasteiger partial charge in [-0.25, -0.2) is 0 Å². The predicted molar refractivity (Wildman–Crippen MR) is 201 cm³/mol. The maximum absolute atomic E-state index is 12.6. The number of ketones is 1. The molecule has 0 aromatic heterocycles. The zero-order valence-corrected chi connectivity index (χ0v) is 31.6. The Morgan fingerprint density at radius 1 is 0.457 bits per heavy atom. The Morgan fingerprint density at radius 3 is 1.28 bits per heavy atom. The minimum absolute atomic E-state index is 0.143. The van der Waals surface area contributed by atoms with Gasteiger partial charge in [0.2, 0.25) is 5.91 Å². The van der Waals surface area contributed by atoms with Crippen LogP contribution in [0.4, 0.5) is 0 Å². The van der Waals surface area contributed by atoms with E-state index in [1.807, 2.05) is 0 Å². The van der Waals surface area contributed by atoms with Crippen molar-refractivity contribution in [3.63, 3.8) is 0 Å². The number of amides is 1. The average Bonchev–Trinajstić information content (AvgIpc) is 3.06. The van der Waals surface area contributed by atoms with E-state index in [1.165, 1.54) is 161 Å². The molecule has 0 aliphatic heterocycles. The molecule has 0 aromatic rings. The number of ether oxygens (including phenoxy) is 1. The maximum atomic E-state index is 12.6. The summed E-state index contributed by atoms with van der Waals surface area (Å²) in [5, 5.41) is 3.12. The van der Waals surface area contributed by atoms with Crippen LogP contribution in [0.15, 0.2) is 0 Å². The summed E-state index contributed by atoms with van der Waals surface area (Å²) in [5.41, 5.74) is 0. The van der Waals surface area contributed by atoms with Crippen LogP contribution in [-0.4, -0.2) is 56.5 Å². The van der Waals surface area contributed by atoms with Crippen molar-refractivity contribution in [2.24, 2.45) is 0 Å². The van der Waals surface area contributed by atoms with Crippen LogP contribution in [0, 0.1) is 0 Å². The number of nitrogens with zero attached hydrogens (tertiary/aromatic N) is 1. The second-order valence-corrected chi connectivity index (χ2v) is 14.2. The lowest BCUT2D eigenvalue weighted by Crippen LogP contribution is -2.33. The molecule has 0 radical (unpaired) electrons. The van der Waals surface area contributed by atoms with Crippen LogP contribution in [0.25, 0.3) is 0 Å². The monoisotopic (exact) mass is 651 g/mol. The second kappa shape index (κ2) is 38.5. The first kappa shape index (κ1) is 45.1. The van der Waals surface area contributed by atoms with E-state index >= 15 is 0 Å². The molecule has 1 N–H and O–H groups in total. The van der Waals surface area contributed by atoms with Crippen LogP contribution in [0.5, 0.6) is 0 Å². The number of hydrogen-bond acceptors (Lipinski definition) is 4. The fraction of sp³-hybridized carbons (Fsp3) is 0.951. The van der Waals surface area contributed by atoms with E-state index in [9.17, 15) is 9.59 Å². The van der Waals surface area contributed by atoms with Gasteiger partial charge in [-0.15, -0.1) is 0 Å². The number of rotatable bonds is 39. The van der Waals surface area contributed by atoms with Crippen molar-refractivity contribution in [2.75, 3.05) is 39.9 Å². The molecule has 0 aromatic carbocycles. The zero-order valence-electron chi connectivity index (χ0n) is 31.6. The number of nitrogens with one attached hydrogen (secondary N) is 1. The third kappa shape index (κ3) is 35.9. The van der Waals surface area contributed by atoms with E-state index in [4.69, 9.17) is 4.74 Å². The smallest absolute Gasteiger partial charge is 0.221 e. The van der Waals surface area contributed by atoms with Gasteiger partial charge < -0.3 is 15.0 Å². The van der Waals surface area contributed by atoms with E-state index in [2.05, 4.69) is 24.1 Å². The first-order valence-corrected chi connectivity index (χ1v) is 20.6. The van der Waals surface area contributed by atoms with Gasteiger partial charge in [0.05, 0.1) is 0 Å². The number of hydrogen-bond donors (Lipinski definition) is 1. The van der Waals surface area contributed by atoms with Gasteiger partial charge in [-0.05, 0) is 19.3 Å². The lowest BCUT2D eigenvalue weighted by molar-refractivity contribution is -0.121. The molecule has 0 aliphatic rings. The summed E-state index contributed by atoms with van der Waals surface area (Å²) in [4.78, 5) is 27.3. The minimum Gasteiger partial charge on any atom is -0.385 e. The van der Waals surface area contributed by atoms with Crippen molar-refractivity contribution in [1.29, 1.82) is 0 Å². The zero-order chi connectivity index (χ0) is 33.6. The Kier molecular flexibility index (Phi) is 37.7. The van der Waals surface area contributed by atoms with Gasteiger partial charge in [0, 0.05) is 59.2 Å². The summed E-state index contributed by atoms with van der Waals surface area (Å²) in [6.45, 7) is 8.43. The molecule has 0 unspecified atom stereocenters. The van der Waals surface area contributed by atoms with Gasteiger partial charge in [-0.3, -0.25) is 9.59 Å². The van der Waals surface area contributed by atoms with Crippen LogP contribution in [0.3, 0.4) is 0 Å². The molecule has 0 atom stereocenters. The summed E-state index contributed by atoms with van der Waals surface area (Å²) in [6, 6.07) is 0. The van der Waals surface area contributed by atoms with E-state index < -0.39 is 0 Å². The van der Waals surface area contributed by atoms with Crippen molar-refractivity contribution in [3.8, 4) is 0 Å². The standard InChI is InChI=1S/C41H82N2O3/c1-4-6-8-10-12-14-16-18-19-21-23-25-27-29-32-40(44)33-37-43(36-31-39-46-3)38-34-41(45)42-35-30-28-26-24-22-20-17-15-13-11-9-7-5-2/h4-39H2,1-3H3,(H,42,45). The summed E-state index contributed by atoms with van der Waals surface area (Å²) >= 11 is 0. The second-order valence-electron chi connectivity index (χ2n) is 14.2. The van der Waals surface area contributed by atoms with Crippen LogP contribution in [0.1, 0.15) is 213 Å². The first-order valence-electron chi connectivity index (χ1n) is 20.6. The van der Waals surface area contributed by atoms with Crippen LogP contribution in [0.2, 0.25) is 0 Å². The van der Waals surface area contributed by atoms with Gasteiger partial charge in [-0.1, -0.05) is 174 Å². The molecule has 0 bridgehead atoms. The average molecular weight is 651 g/mol. The van der Waals surface area contributed by atoms with Gasteiger partial charge in [-0.2, -0.15) is 0 Å². The molecule has 5 nitrogen and oxygen atoms in total. The lowest BCUT2D eigenvalue weighted by atomic mass is 10.0. The third-order valence-corrected chi connectivity index (χ3v) is 9.60. The Morgan fingerprint density at radius 2 is 0.848 bits per heavy atom. The van der Waals surface area contributed by atoms with Gasteiger partial charge in [0.1, 0.15) is 5.78 Å². The molecule has 0 rings (SSSR count). The minimum atomic E-state index is 0.143. The SMILES string of the molecule is CCCCCCCCCCCCCCCCC(=O)CCN(CCCOC)CCC(=O)NCCCCCCCCCCCCCCC. The fourth-order valence-electron chi connectivity index (χ4n) is 6.41. The molecule has 0 fully saturated rings. The molecule has 0 heterocycles. The number of methoxy groups -OCH3 is 1. The highest BCUT2D eigenvalue weighted by Gasteiger charge is 2.11. The highest BCUT2D eigenvalue weighted by atomic mass is 16.5. The largest absolute Gasteiger partial charge is 0.385 e. The van der Waals surface area contributed by atoms with Crippen molar-refractivity contribution in [3.05, 3.63) is 0 Å². The van der Waals surface area contributed by atoms with E-state index in [0.29, 0.717) is 25.0 Å². The van der Waals surface area contributed by atoms with Gasteiger partial charge >= 0.3 is 0 Å². The van der Waals surface area contributed by atoms with Crippen molar-refractivity contribution in [1.82, 2.24) is 10.2 Å². The highest BCUT2D eigenvalue weighted by Crippen LogP contribution is 2.14. The van der Waals surface area contributed by atoms with Crippen molar-refractivity contribution >= 4 is 11.7 Å². The molecule has 0 aliphatic carbocycles. The molecule has 5 heteroatoms. The molecule has 0 saturated carbocycles. The van der Waals surface area contributed by atoms with E-state index in [1.54, 1.807) is 7.11 Å². The van der Waals surface area contributed by atoms with Crippen LogP contribution >= 0.6 is 0 Å². The van der Waals surface area contributed by atoms with E-state index in [0.717, 1.165) is 52.0 Å². The highest BCUT2D eigenvalue weighted by molar-refractivity contribution is 5.78. The van der Waals surface area contributed by atoms with Crippen molar-refractivity contribution < 1.29 is 14.3 Å². The Hall–Kier alpha value is -0.940. The molecule has 0 saturated heterocycles. The van der Waals surface area contributed by atoms with Crippen LogP contribution < -0.4 is 5.32 Å². The maximum Gasteiger partial charge on any atom is 0.221 e. The topological polar surface area (TPSA) is 58.6 Å². The molecular formula is C41H82N2O3. The number of unbranched alkanes of at least 4 members (excludes halogenated alkanes) is 25. The lowest BCUT2D eigenvalue weighted by Gasteiger charge is -2.21. The number of carbonyl (C=O) groups is 2. The molecule has 274 valence electrons. The Balaban J connectivity index is 3.77. The quantitative estimate of drug-likeness (QED) is 0.0673. The molecule has 0 spiro atoms. The van der Waals surface area contributed by atoms with Gasteiger partial charge in [0.15, 0.2) is 0 Å². The third-order valence-electron chi connectivity index (χ3n) is 9.60. The van der Waals surface area contributed by atoms with Crippen molar-refractivity contribution in [2.45, 2.75) is 213 Å². The number of carbonyl (C=O) groups excluding carboxylic acids is 2. The number of Topliss-reactive ketones (excluding diaryl/α,β-unsaturated/α-hetero) is 1. The summed E-state index contributed by atoms with van der Waals surface area (Å²) in [5.74, 6) is 0.520. The summed E-state index contributed by atoms with van der Waals surface area (Å²) in [7, 11) is 1.73. The van der Waals surface area contributed by atoms with Gasteiger partial charge in [0.25, 0.3) is 0 Å². The van der Waals surface area contributed by atoms with Crippen LogP contribution in [-0.2, 0) is 14.3 Å². The molecule has 46 heavy (non-hydrogen) atoms. The van der Waals surface area contributed by atoms with E-state index in [-0.39, 0.29) is 5.91 Å². The Bertz CT molecular complexity index is 579.